The summed E-state index contributed by atoms with van der Waals surface area (Å²) >= 11 is 0. The third-order valence-electron chi connectivity index (χ3n) is 4.91. The predicted molar refractivity (Wildman–Crippen MR) is 111 cm³/mol. The number of hydrogen-bond donors (Lipinski definition) is 2. The van der Waals surface area contributed by atoms with Crippen LogP contribution < -0.4 is 10.5 Å². The number of amides is 1. The number of H-pyrrole nitrogens is 1. The summed E-state index contributed by atoms with van der Waals surface area (Å²) in [6.07, 6.45) is 0.355. The van der Waals surface area contributed by atoms with E-state index in [1.807, 2.05) is 0 Å². The van der Waals surface area contributed by atoms with Crippen molar-refractivity contribution < 1.29 is 26.4 Å². The average molecular weight is 472 g/mol. The zero-order valence-corrected chi connectivity index (χ0v) is 18.9. The SMILES string of the molecule is Cc1n[nH]c(C)c1S(=O)(=O)N1CCCN(S(=O)(=O)c2ccc(OCC(N)=O)cc2)CC1. The number of primary amides is 1. The maximum absolute atomic E-state index is 13.1. The predicted octanol–water partition coefficient (Wildman–Crippen LogP) is -0.0241. The normalized spacial score (nSPS) is 16.7. The van der Waals surface area contributed by atoms with Crippen molar-refractivity contribution >= 4 is 26.0 Å². The van der Waals surface area contributed by atoms with E-state index >= 15 is 0 Å². The summed E-state index contributed by atoms with van der Waals surface area (Å²) in [4.78, 5) is 11.0. The molecule has 1 amide bonds. The smallest absolute Gasteiger partial charge is 0.255 e. The Kier molecular flexibility index (Phi) is 6.69. The number of carbonyl (C=O) groups excluding carboxylic acids is 1. The van der Waals surface area contributed by atoms with Crippen molar-refractivity contribution in [2.75, 3.05) is 32.8 Å². The highest BCUT2D eigenvalue weighted by atomic mass is 32.2. The van der Waals surface area contributed by atoms with E-state index < -0.39 is 26.0 Å². The number of nitrogens with two attached hydrogens (primary N) is 1. The van der Waals surface area contributed by atoms with Gasteiger partial charge >= 0.3 is 0 Å². The Morgan fingerprint density at radius 2 is 1.61 bits per heavy atom. The number of nitrogens with zero attached hydrogens (tertiary/aromatic N) is 3. The maximum Gasteiger partial charge on any atom is 0.255 e. The van der Waals surface area contributed by atoms with Gasteiger partial charge in [0.1, 0.15) is 10.6 Å². The van der Waals surface area contributed by atoms with Crippen LogP contribution in [0.4, 0.5) is 0 Å². The fourth-order valence-corrected chi connectivity index (χ4v) is 6.68. The molecule has 0 atom stereocenters. The molecule has 1 aliphatic rings. The largest absolute Gasteiger partial charge is 0.484 e. The van der Waals surface area contributed by atoms with E-state index in [4.69, 9.17) is 10.5 Å². The lowest BCUT2D eigenvalue weighted by Crippen LogP contribution is -2.37. The Morgan fingerprint density at radius 3 is 2.13 bits per heavy atom. The summed E-state index contributed by atoms with van der Waals surface area (Å²) in [5.74, 6) is -0.321. The van der Waals surface area contributed by atoms with Crippen LogP contribution in [-0.2, 0) is 24.8 Å². The number of sulfonamides is 2. The van der Waals surface area contributed by atoms with E-state index in [0.29, 0.717) is 23.6 Å². The second-order valence-electron chi connectivity index (χ2n) is 7.15. The number of aryl methyl sites for hydroxylation is 2. The van der Waals surface area contributed by atoms with Crippen LogP contribution in [0.1, 0.15) is 17.8 Å². The molecular weight excluding hydrogens is 446 g/mol. The number of hydrogen-bond acceptors (Lipinski definition) is 7. The molecule has 2 heterocycles. The summed E-state index contributed by atoms with van der Waals surface area (Å²) in [5.41, 5.74) is 5.85. The number of benzene rings is 1. The van der Waals surface area contributed by atoms with Crippen LogP contribution in [0.15, 0.2) is 34.1 Å². The van der Waals surface area contributed by atoms with Gasteiger partial charge in [-0.25, -0.2) is 16.8 Å². The molecule has 0 unspecified atom stereocenters. The molecule has 11 nitrogen and oxygen atoms in total. The Bertz CT molecular complexity index is 1140. The summed E-state index contributed by atoms with van der Waals surface area (Å²) < 4.78 is 59.9. The van der Waals surface area contributed by atoms with Gasteiger partial charge in [-0.1, -0.05) is 0 Å². The van der Waals surface area contributed by atoms with Crippen LogP contribution >= 0.6 is 0 Å². The zero-order chi connectivity index (χ0) is 22.8. The second kappa shape index (κ2) is 8.94. The first-order valence-corrected chi connectivity index (χ1v) is 12.4. The molecule has 1 aromatic carbocycles. The monoisotopic (exact) mass is 471 g/mol. The van der Waals surface area contributed by atoms with Gasteiger partial charge in [-0.05, 0) is 44.5 Å². The van der Waals surface area contributed by atoms with Gasteiger partial charge in [0.05, 0.1) is 16.3 Å². The molecule has 2 aromatic rings. The number of rotatable bonds is 7. The topological polar surface area (TPSA) is 156 Å². The highest BCUT2D eigenvalue weighted by Crippen LogP contribution is 2.25. The van der Waals surface area contributed by atoms with Gasteiger partial charge in [-0.2, -0.15) is 13.7 Å². The molecule has 0 radical (unpaired) electrons. The molecule has 1 aromatic heterocycles. The van der Waals surface area contributed by atoms with Crippen molar-refractivity contribution in [2.24, 2.45) is 5.73 Å². The highest BCUT2D eigenvalue weighted by Gasteiger charge is 2.34. The standard InChI is InChI=1S/C18H25N5O6S2/c1-13-18(14(2)21-20-13)31(27,28)23-9-3-8-22(10-11-23)30(25,26)16-6-4-15(5-7-16)29-12-17(19)24/h4-7H,3,8-12H2,1-2H3,(H2,19,24)(H,20,21). The average Bonchev–Trinajstić information content (AvgIpc) is 2.92. The van der Waals surface area contributed by atoms with Crippen LogP contribution in [0.2, 0.25) is 0 Å². The molecule has 0 saturated carbocycles. The Hall–Kier alpha value is -2.48. The molecule has 0 spiro atoms. The molecule has 1 fully saturated rings. The van der Waals surface area contributed by atoms with E-state index in [1.54, 1.807) is 13.8 Å². The van der Waals surface area contributed by atoms with Crippen molar-refractivity contribution in [1.82, 2.24) is 18.8 Å². The van der Waals surface area contributed by atoms with Gasteiger partial charge in [-0.15, -0.1) is 0 Å². The van der Waals surface area contributed by atoms with E-state index in [9.17, 15) is 21.6 Å². The highest BCUT2D eigenvalue weighted by molar-refractivity contribution is 7.89. The lowest BCUT2D eigenvalue weighted by Gasteiger charge is -2.22. The molecule has 0 bridgehead atoms. The number of aromatic nitrogens is 2. The van der Waals surface area contributed by atoms with E-state index in [0.717, 1.165) is 0 Å². The molecule has 31 heavy (non-hydrogen) atoms. The van der Waals surface area contributed by atoms with Crippen molar-refractivity contribution in [3.8, 4) is 5.75 Å². The minimum absolute atomic E-state index is 0.0252. The van der Waals surface area contributed by atoms with Crippen molar-refractivity contribution in [1.29, 1.82) is 0 Å². The lowest BCUT2D eigenvalue weighted by atomic mass is 10.3. The molecule has 13 heteroatoms. The van der Waals surface area contributed by atoms with Crippen LogP contribution in [0.5, 0.6) is 5.75 Å². The van der Waals surface area contributed by atoms with E-state index in [-0.39, 0.29) is 42.6 Å². The molecule has 3 N–H and O–H groups in total. The van der Waals surface area contributed by atoms with Crippen LogP contribution in [-0.4, -0.2) is 74.3 Å². The quantitative estimate of drug-likeness (QED) is 0.574. The third kappa shape index (κ3) is 4.89. The van der Waals surface area contributed by atoms with Gasteiger partial charge in [0.25, 0.3) is 5.91 Å². The zero-order valence-electron chi connectivity index (χ0n) is 17.2. The van der Waals surface area contributed by atoms with Gasteiger partial charge in [0.15, 0.2) is 6.61 Å². The fraction of sp³-hybridized carbons (Fsp3) is 0.444. The molecule has 3 rings (SSSR count). The second-order valence-corrected chi connectivity index (χ2v) is 11.0. The molecule has 1 saturated heterocycles. The number of carbonyl (C=O) groups is 1. The summed E-state index contributed by atoms with van der Waals surface area (Å²) in [6.45, 7) is 3.40. The lowest BCUT2D eigenvalue weighted by molar-refractivity contribution is -0.119. The number of ether oxygens (including phenoxy) is 1. The maximum atomic E-state index is 13.1. The number of nitrogens with one attached hydrogen (secondary N) is 1. The first-order valence-electron chi connectivity index (χ1n) is 9.56. The first kappa shape index (κ1) is 23.2. The Balaban J connectivity index is 1.74. The minimum Gasteiger partial charge on any atom is -0.484 e. The Morgan fingerprint density at radius 1 is 1.03 bits per heavy atom. The minimum atomic E-state index is -3.83. The van der Waals surface area contributed by atoms with Crippen molar-refractivity contribution in [3.63, 3.8) is 0 Å². The van der Waals surface area contributed by atoms with Gasteiger partial charge in [0, 0.05) is 26.2 Å². The molecular formula is C18H25N5O6S2. The third-order valence-corrected chi connectivity index (χ3v) is 8.99. The van der Waals surface area contributed by atoms with Gasteiger partial charge in [-0.3, -0.25) is 9.89 Å². The summed E-state index contributed by atoms with van der Waals surface area (Å²) in [7, 11) is -7.62. The van der Waals surface area contributed by atoms with E-state index in [2.05, 4.69) is 10.2 Å². The van der Waals surface area contributed by atoms with Gasteiger partial charge < -0.3 is 10.5 Å². The van der Waals surface area contributed by atoms with Gasteiger partial charge in [0.2, 0.25) is 20.0 Å². The summed E-state index contributed by atoms with van der Waals surface area (Å²) in [6, 6.07) is 5.64. The molecule has 170 valence electrons. The fourth-order valence-electron chi connectivity index (χ4n) is 3.41. The van der Waals surface area contributed by atoms with Crippen LogP contribution in [0.3, 0.4) is 0 Å². The van der Waals surface area contributed by atoms with Crippen molar-refractivity contribution in [3.05, 3.63) is 35.7 Å². The number of aromatic amines is 1. The summed E-state index contributed by atoms with van der Waals surface area (Å²) in [5, 5.41) is 6.63. The van der Waals surface area contributed by atoms with E-state index in [1.165, 1.54) is 32.9 Å². The Labute approximate surface area is 181 Å². The molecule has 1 aliphatic heterocycles. The van der Waals surface area contributed by atoms with Crippen molar-refractivity contribution in [2.45, 2.75) is 30.1 Å². The first-order chi connectivity index (χ1) is 14.5. The van der Waals surface area contributed by atoms with Crippen LogP contribution in [0, 0.1) is 13.8 Å². The van der Waals surface area contributed by atoms with Crippen LogP contribution in [0.25, 0.3) is 0 Å². The molecule has 0 aliphatic carbocycles.